The number of para-hydroxylation sites is 1. The first-order valence-corrected chi connectivity index (χ1v) is 4.73. The van der Waals surface area contributed by atoms with E-state index in [9.17, 15) is 4.39 Å². The number of benzene rings is 2. The molecule has 0 amide bonds. The molecule has 2 aromatic carbocycles. The van der Waals surface area contributed by atoms with Gasteiger partial charge in [0.05, 0.1) is 5.02 Å². The van der Waals surface area contributed by atoms with E-state index in [2.05, 4.69) is 6.07 Å². The number of ether oxygens (including phenoxy) is 1. The van der Waals surface area contributed by atoms with Crippen LogP contribution >= 0.6 is 11.6 Å². The van der Waals surface area contributed by atoms with Crippen LogP contribution in [0, 0.1) is 11.9 Å². The second kappa shape index (κ2) is 4.32. The molecule has 0 atom stereocenters. The number of halogens is 2. The molecule has 0 aromatic heterocycles. The highest BCUT2D eigenvalue weighted by atomic mass is 35.5. The van der Waals surface area contributed by atoms with Gasteiger partial charge in [-0.15, -0.1) is 0 Å². The number of hydrogen-bond donors (Lipinski definition) is 0. The van der Waals surface area contributed by atoms with Crippen LogP contribution in [0.4, 0.5) is 4.39 Å². The van der Waals surface area contributed by atoms with Crippen LogP contribution in [0.2, 0.25) is 5.02 Å². The number of rotatable bonds is 2. The standard InChI is InChI=1S/C12H7ClFO/c13-9-5-1-3-7-11(9)15-12-8-4-2-6-10(12)14/h1-2,4-8H. The summed E-state index contributed by atoms with van der Waals surface area (Å²) in [6.45, 7) is 0. The lowest BCUT2D eigenvalue weighted by Crippen LogP contribution is -1.88. The third kappa shape index (κ3) is 2.28. The van der Waals surface area contributed by atoms with Crippen LogP contribution in [-0.2, 0) is 0 Å². The third-order valence-electron chi connectivity index (χ3n) is 1.83. The Balaban J connectivity index is 2.30. The maximum Gasteiger partial charge on any atom is 0.165 e. The summed E-state index contributed by atoms with van der Waals surface area (Å²) in [5, 5.41) is 0.428. The Morgan fingerprint density at radius 1 is 1.13 bits per heavy atom. The highest BCUT2D eigenvalue weighted by Gasteiger charge is 2.05. The molecule has 0 N–H and O–H groups in total. The minimum Gasteiger partial charge on any atom is -0.453 e. The largest absolute Gasteiger partial charge is 0.453 e. The lowest BCUT2D eigenvalue weighted by molar-refractivity contribution is 0.442. The van der Waals surface area contributed by atoms with Crippen molar-refractivity contribution in [2.45, 2.75) is 0 Å². The Morgan fingerprint density at radius 3 is 2.67 bits per heavy atom. The Morgan fingerprint density at radius 2 is 1.93 bits per heavy atom. The molecule has 0 saturated heterocycles. The molecule has 0 fully saturated rings. The lowest BCUT2D eigenvalue weighted by atomic mass is 10.3. The highest BCUT2D eigenvalue weighted by molar-refractivity contribution is 6.32. The van der Waals surface area contributed by atoms with Crippen molar-refractivity contribution in [2.75, 3.05) is 0 Å². The zero-order valence-electron chi connectivity index (χ0n) is 7.71. The van der Waals surface area contributed by atoms with Crippen molar-refractivity contribution in [3.8, 4) is 11.5 Å². The molecule has 3 heteroatoms. The van der Waals surface area contributed by atoms with Gasteiger partial charge in [-0.05, 0) is 30.3 Å². The maximum atomic E-state index is 13.2. The van der Waals surface area contributed by atoms with E-state index in [1.807, 2.05) is 0 Å². The molecule has 0 saturated carbocycles. The summed E-state index contributed by atoms with van der Waals surface area (Å²) in [6.07, 6.45) is 0. The van der Waals surface area contributed by atoms with Crippen LogP contribution in [0.1, 0.15) is 0 Å². The molecule has 15 heavy (non-hydrogen) atoms. The van der Waals surface area contributed by atoms with E-state index in [0.717, 1.165) is 0 Å². The van der Waals surface area contributed by atoms with E-state index in [1.165, 1.54) is 6.07 Å². The average Bonchev–Trinajstić information content (AvgIpc) is 2.24. The Hall–Kier alpha value is -1.54. The second-order valence-electron chi connectivity index (χ2n) is 2.89. The first-order valence-electron chi connectivity index (χ1n) is 4.35. The molecule has 0 aliphatic heterocycles. The summed E-state index contributed by atoms with van der Waals surface area (Å²) in [5.41, 5.74) is 0. The van der Waals surface area contributed by atoms with E-state index in [0.29, 0.717) is 10.8 Å². The van der Waals surface area contributed by atoms with E-state index in [4.69, 9.17) is 16.3 Å². The van der Waals surface area contributed by atoms with Crippen LogP contribution in [-0.4, -0.2) is 0 Å². The summed E-state index contributed by atoms with van der Waals surface area (Å²) in [6, 6.07) is 13.8. The SMILES string of the molecule is Fc1ccccc1Oc1c[c]ccc1Cl. The molecule has 75 valence electrons. The Kier molecular flexibility index (Phi) is 2.88. The fourth-order valence-electron chi connectivity index (χ4n) is 1.12. The fraction of sp³-hybridized carbons (Fsp3) is 0. The molecule has 0 bridgehead atoms. The molecule has 2 aromatic rings. The van der Waals surface area contributed by atoms with Crippen molar-refractivity contribution < 1.29 is 9.13 Å². The summed E-state index contributed by atoms with van der Waals surface area (Å²) >= 11 is 5.86. The molecular formula is C12H7ClFO. The van der Waals surface area contributed by atoms with Gasteiger partial charge >= 0.3 is 0 Å². The first kappa shape index (κ1) is 9.99. The second-order valence-corrected chi connectivity index (χ2v) is 3.30. The van der Waals surface area contributed by atoms with Crippen molar-refractivity contribution in [3.05, 3.63) is 59.4 Å². The summed E-state index contributed by atoms with van der Waals surface area (Å²) in [4.78, 5) is 0. The monoisotopic (exact) mass is 221 g/mol. The van der Waals surface area contributed by atoms with E-state index in [-0.39, 0.29) is 5.75 Å². The van der Waals surface area contributed by atoms with Gasteiger partial charge in [0.15, 0.2) is 11.6 Å². The lowest BCUT2D eigenvalue weighted by Gasteiger charge is -2.07. The normalized spacial score (nSPS) is 10.0. The Bertz CT molecular complexity index is 427. The van der Waals surface area contributed by atoms with Crippen LogP contribution in [0.3, 0.4) is 0 Å². The van der Waals surface area contributed by atoms with Crippen molar-refractivity contribution in [2.24, 2.45) is 0 Å². The van der Waals surface area contributed by atoms with Crippen molar-refractivity contribution >= 4 is 11.6 Å². The van der Waals surface area contributed by atoms with Crippen LogP contribution in [0.5, 0.6) is 11.5 Å². The van der Waals surface area contributed by atoms with Crippen LogP contribution < -0.4 is 4.74 Å². The molecule has 1 nitrogen and oxygen atoms in total. The predicted molar refractivity (Wildman–Crippen MR) is 56.8 cm³/mol. The van der Waals surface area contributed by atoms with Gasteiger partial charge in [0.2, 0.25) is 0 Å². The molecule has 0 unspecified atom stereocenters. The molecule has 0 spiro atoms. The Labute approximate surface area is 92.1 Å². The minimum atomic E-state index is -0.419. The zero-order valence-corrected chi connectivity index (χ0v) is 8.46. The van der Waals surface area contributed by atoms with Crippen LogP contribution in [0.25, 0.3) is 0 Å². The van der Waals surface area contributed by atoms with E-state index >= 15 is 0 Å². The van der Waals surface area contributed by atoms with Gasteiger partial charge in [-0.1, -0.05) is 29.8 Å². The smallest absolute Gasteiger partial charge is 0.165 e. The van der Waals surface area contributed by atoms with Gasteiger partial charge in [-0.2, -0.15) is 0 Å². The van der Waals surface area contributed by atoms with Gasteiger partial charge in [0, 0.05) is 0 Å². The topological polar surface area (TPSA) is 9.23 Å². The van der Waals surface area contributed by atoms with Gasteiger partial charge in [0.25, 0.3) is 0 Å². The van der Waals surface area contributed by atoms with Gasteiger partial charge in [0.1, 0.15) is 5.75 Å². The van der Waals surface area contributed by atoms with Crippen molar-refractivity contribution in [3.63, 3.8) is 0 Å². The van der Waals surface area contributed by atoms with Gasteiger partial charge in [-0.3, -0.25) is 0 Å². The van der Waals surface area contributed by atoms with E-state index < -0.39 is 5.82 Å². The quantitative estimate of drug-likeness (QED) is 0.743. The van der Waals surface area contributed by atoms with Gasteiger partial charge < -0.3 is 4.74 Å². The fourth-order valence-corrected chi connectivity index (χ4v) is 1.28. The minimum absolute atomic E-state index is 0.152. The van der Waals surface area contributed by atoms with Gasteiger partial charge in [-0.25, -0.2) is 4.39 Å². The first-order chi connectivity index (χ1) is 7.27. The van der Waals surface area contributed by atoms with Crippen LogP contribution in [0.15, 0.2) is 42.5 Å². The summed E-state index contributed by atoms with van der Waals surface area (Å²) in [5.74, 6) is 0.126. The third-order valence-corrected chi connectivity index (χ3v) is 2.14. The molecular weight excluding hydrogens is 215 g/mol. The predicted octanol–water partition coefficient (Wildman–Crippen LogP) is 4.07. The summed E-state index contributed by atoms with van der Waals surface area (Å²) in [7, 11) is 0. The highest BCUT2D eigenvalue weighted by Crippen LogP contribution is 2.29. The van der Waals surface area contributed by atoms with Crippen molar-refractivity contribution in [1.82, 2.24) is 0 Å². The van der Waals surface area contributed by atoms with Crippen molar-refractivity contribution in [1.29, 1.82) is 0 Å². The summed E-state index contributed by atoms with van der Waals surface area (Å²) < 4.78 is 18.5. The maximum absolute atomic E-state index is 13.2. The zero-order chi connectivity index (χ0) is 10.7. The molecule has 0 aliphatic rings. The van der Waals surface area contributed by atoms with E-state index in [1.54, 1.807) is 36.4 Å². The molecule has 2 rings (SSSR count). The molecule has 0 heterocycles. The number of hydrogen-bond acceptors (Lipinski definition) is 1. The molecule has 1 radical (unpaired) electrons. The average molecular weight is 222 g/mol. The molecule has 0 aliphatic carbocycles.